The van der Waals surface area contributed by atoms with Crippen LogP contribution in [-0.4, -0.2) is 4.57 Å². The quantitative estimate of drug-likeness (QED) is 0.147. The van der Waals surface area contributed by atoms with Gasteiger partial charge in [-0.05, 0) is 155 Å². The van der Waals surface area contributed by atoms with E-state index in [0.29, 0.717) is 0 Å². The summed E-state index contributed by atoms with van der Waals surface area (Å²) in [5, 5.41) is 4.89. The van der Waals surface area contributed by atoms with E-state index >= 15 is 0 Å². The van der Waals surface area contributed by atoms with Gasteiger partial charge < -0.3 is 9.47 Å². The molecule has 0 aliphatic heterocycles. The number of anilines is 3. The van der Waals surface area contributed by atoms with Crippen molar-refractivity contribution >= 4 is 49.6 Å². The third kappa shape index (κ3) is 6.91. The van der Waals surface area contributed by atoms with Crippen LogP contribution in [0.2, 0.25) is 0 Å². The maximum absolute atomic E-state index is 2.51. The van der Waals surface area contributed by atoms with Gasteiger partial charge >= 0.3 is 0 Å². The molecule has 2 aliphatic rings. The predicted octanol–water partition coefficient (Wildman–Crippen LogP) is 20.4. The van der Waals surface area contributed by atoms with Crippen LogP contribution >= 0.6 is 0 Å². The molecule has 368 valence electrons. The number of aromatic nitrogens is 1. The number of benzene rings is 13. The summed E-state index contributed by atoms with van der Waals surface area (Å²) in [5.41, 5.74) is 26.4. The number of hydrogen-bond donors (Lipinski definition) is 0. The molecule has 0 unspecified atom stereocenters. The first-order chi connectivity index (χ1) is 39.2. The van der Waals surface area contributed by atoms with Crippen LogP contribution in [0.5, 0.6) is 0 Å². The summed E-state index contributed by atoms with van der Waals surface area (Å²) in [6.45, 7) is 0. The maximum Gasteiger partial charge on any atom is 0.0726 e. The Bertz CT molecular complexity index is 4640. The fourth-order valence-corrected chi connectivity index (χ4v) is 13.5. The Morgan fingerprint density at radius 1 is 0.241 bits per heavy atom. The Labute approximate surface area is 460 Å². The van der Waals surface area contributed by atoms with Gasteiger partial charge in [-0.25, -0.2) is 0 Å². The van der Waals surface area contributed by atoms with Crippen LogP contribution < -0.4 is 4.90 Å². The fraction of sp³-hybridized carbons (Fsp3) is 0.0130. The van der Waals surface area contributed by atoms with Crippen LogP contribution in [0, 0.1) is 0 Å². The number of nitrogens with zero attached hydrogens (tertiary/aromatic N) is 2. The van der Waals surface area contributed by atoms with Crippen molar-refractivity contribution in [2.24, 2.45) is 0 Å². The standard InChI is InChI=1S/C77H50N2/c1-3-18-51(19-4-1)52-38-41-58(42-39-52)79-74-33-16-12-29-68(74)69-49-57(40-46-76(69)79)54-36-34-53(35-37-54)56-22-17-23-59(48-56)78(75-47-45-61(55-20-5-2-6-21-55)62-24-7-8-28-67(62)75)60-43-44-66-65-27-11-15-32-72(65)77(73(66)50-60)70-30-13-9-25-63(70)64-26-10-14-31-71(64)77/h1-50H. The molecule has 0 bridgehead atoms. The molecular formula is C77H50N2. The summed E-state index contributed by atoms with van der Waals surface area (Å²) >= 11 is 0. The third-order valence-electron chi connectivity index (χ3n) is 17.0. The van der Waals surface area contributed by atoms with Gasteiger partial charge in [-0.2, -0.15) is 0 Å². The number of fused-ring (bicyclic) bond motifs is 14. The number of rotatable bonds is 8. The Kier molecular flexibility index (Phi) is 10.2. The first-order valence-corrected chi connectivity index (χ1v) is 27.4. The highest BCUT2D eigenvalue weighted by atomic mass is 15.1. The van der Waals surface area contributed by atoms with Crippen molar-refractivity contribution < 1.29 is 0 Å². The van der Waals surface area contributed by atoms with Gasteiger partial charge in [0.1, 0.15) is 0 Å². The van der Waals surface area contributed by atoms with Crippen LogP contribution in [0.1, 0.15) is 22.3 Å². The van der Waals surface area contributed by atoms with Gasteiger partial charge in [0.15, 0.2) is 0 Å². The lowest BCUT2D eigenvalue weighted by atomic mass is 9.70. The van der Waals surface area contributed by atoms with Crippen molar-refractivity contribution in [3.05, 3.63) is 326 Å². The topological polar surface area (TPSA) is 8.17 Å². The van der Waals surface area contributed by atoms with Crippen molar-refractivity contribution in [2.45, 2.75) is 5.41 Å². The molecule has 14 aromatic rings. The van der Waals surface area contributed by atoms with E-state index in [1.54, 1.807) is 0 Å². The maximum atomic E-state index is 2.51. The minimum atomic E-state index is -0.472. The molecule has 13 aromatic carbocycles. The second-order valence-electron chi connectivity index (χ2n) is 21.1. The highest BCUT2D eigenvalue weighted by molar-refractivity contribution is 6.11. The number of para-hydroxylation sites is 1. The van der Waals surface area contributed by atoms with Crippen molar-refractivity contribution in [3.63, 3.8) is 0 Å². The summed E-state index contributed by atoms with van der Waals surface area (Å²) < 4.78 is 2.40. The van der Waals surface area contributed by atoms with E-state index in [-0.39, 0.29) is 0 Å². The second kappa shape index (κ2) is 17.9. The monoisotopic (exact) mass is 1000 g/mol. The highest BCUT2D eigenvalue weighted by Crippen LogP contribution is 2.63. The van der Waals surface area contributed by atoms with E-state index in [1.165, 1.54) is 110 Å². The minimum absolute atomic E-state index is 0.472. The summed E-state index contributed by atoms with van der Waals surface area (Å²) in [5.74, 6) is 0. The minimum Gasteiger partial charge on any atom is -0.310 e. The van der Waals surface area contributed by atoms with Crippen LogP contribution in [0.3, 0.4) is 0 Å². The molecule has 2 aliphatic carbocycles. The van der Waals surface area contributed by atoms with Gasteiger partial charge in [-0.3, -0.25) is 0 Å². The van der Waals surface area contributed by atoms with Crippen LogP contribution in [0.25, 0.3) is 105 Å². The Morgan fingerprint density at radius 3 is 1.37 bits per heavy atom. The molecule has 0 fully saturated rings. The molecule has 2 nitrogen and oxygen atoms in total. The van der Waals surface area contributed by atoms with Gasteiger partial charge in [-0.1, -0.05) is 243 Å². The van der Waals surface area contributed by atoms with Gasteiger partial charge in [-0.15, -0.1) is 0 Å². The molecule has 0 saturated carbocycles. The normalized spacial score (nSPS) is 12.7. The summed E-state index contributed by atoms with van der Waals surface area (Å²) in [4.78, 5) is 2.50. The average molecular weight is 1000 g/mol. The van der Waals surface area contributed by atoms with Crippen LogP contribution in [0.4, 0.5) is 17.1 Å². The first-order valence-electron chi connectivity index (χ1n) is 27.4. The van der Waals surface area contributed by atoms with E-state index in [9.17, 15) is 0 Å². The van der Waals surface area contributed by atoms with Gasteiger partial charge in [0, 0.05) is 33.2 Å². The molecule has 1 heterocycles. The molecule has 1 aromatic heterocycles. The van der Waals surface area contributed by atoms with E-state index in [4.69, 9.17) is 0 Å². The van der Waals surface area contributed by atoms with E-state index in [1.807, 2.05) is 0 Å². The zero-order valence-electron chi connectivity index (χ0n) is 43.3. The Hall–Kier alpha value is -10.3. The lowest BCUT2D eigenvalue weighted by Gasteiger charge is -2.32. The fourth-order valence-electron chi connectivity index (χ4n) is 13.5. The molecule has 0 saturated heterocycles. The number of hydrogen-bond acceptors (Lipinski definition) is 1. The molecule has 1 spiro atoms. The molecule has 2 heteroatoms. The Balaban J connectivity index is 0.818. The van der Waals surface area contributed by atoms with E-state index in [0.717, 1.165) is 33.9 Å². The lowest BCUT2D eigenvalue weighted by Crippen LogP contribution is -2.26. The van der Waals surface area contributed by atoms with Gasteiger partial charge in [0.05, 0.1) is 22.1 Å². The predicted molar refractivity (Wildman–Crippen MR) is 331 cm³/mol. The molecular weight excluding hydrogens is 953 g/mol. The first kappa shape index (κ1) is 45.0. The van der Waals surface area contributed by atoms with E-state index in [2.05, 4.69) is 313 Å². The van der Waals surface area contributed by atoms with Gasteiger partial charge in [0.2, 0.25) is 0 Å². The molecule has 0 radical (unpaired) electrons. The van der Waals surface area contributed by atoms with Gasteiger partial charge in [0.25, 0.3) is 0 Å². The molecule has 0 N–H and O–H groups in total. The van der Waals surface area contributed by atoms with Crippen LogP contribution in [-0.2, 0) is 5.41 Å². The van der Waals surface area contributed by atoms with Crippen molar-refractivity contribution in [2.75, 3.05) is 4.90 Å². The van der Waals surface area contributed by atoms with E-state index < -0.39 is 5.41 Å². The smallest absolute Gasteiger partial charge is 0.0726 e. The Morgan fingerprint density at radius 2 is 0.696 bits per heavy atom. The largest absolute Gasteiger partial charge is 0.310 e. The SMILES string of the molecule is c1ccc(-c2ccc(-n3c4ccccc4c4cc(-c5ccc(-c6cccc(N(c7ccc8c(c7)C7(c9ccccc9-c9ccccc97)c7ccccc7-8)c7ccc(-c8ccccc8)c8ccccc78)c6)cc5)ccc43)cc2)cc1. The second-order valence-corrected chi connectivity index (χ2v) is 21.1. The third-order valence-corrected chi connectivity index (χ3v) is 17.0. The zero-order chi connectivity index (χ0) is 52.0. The van der Waals surface area contributed by atoms with Crippen molar-refractivity contribution in [3.8, 4) is 72.4 Å². The zero-order valence-corrected chi connectivity index (χ0v) is 43.3. The highest BCUT2D eigenvalue weighted by Gasteiger charge is 2.51. The molecule has 16 rings (SSSR count). The lowest BCUT2D eigenvalue weighted by molar-refractivity contribution is 0.793. The molecule has 79 heavy (non-hydrogen) atoms. The average Bonchev–Trinajstić information content (AvgIpc) is 3.51. The summed E-state index contributed by atoms with van der Waals surface area (Å²) in [6.07, 6.45) is 0. The molecule has 0 atom stereocenters. The summed E-state index contributed by atoms with van der Waals surface area (Å²) in [6, 6.07) is 112. The molecule has 0 amide bonds. The van der Waals surface area contributed by atoms with Crippen molar-refractivity contribution in [1.29, 1.82) is 0 Å². The summed E-state index contributed by atoms with van der Waals surface area (Å²) in [7, 11) is 0. The van der Waals surface area contributed by atoms with Crippen molar-refractivity contribution in [1.82, 2.24) is 4.57 Å². The van der Waals surface area contributed by atoms with Crippen LogP contribution in [0.15, 0.2) is 303 Å².